The maximum Gasteiger partial charge on any atom is 0.410 e. The summed E-state index contributed by atoms with van der Waals surface area (Å²) >= 11 is 0. The van der Waals surface area contributed by atoms with Crippen molar-refractivity contribution >= 4 is 29.2 Å². The molecule has 3 N–H and O–H groups in total. The number of ether oxygens (including phenoxy) is 5. The molecule has 5 rings (SSSR count). The van der Waals surface area contributed by atoms with Crippen molar-refractivity contribution in [3.8, 4) is 0 Å². The first-order valence-corrected chi connectivity index (χ1v) is 21.3. The van der Waals surface area contributed by atoms with Gasteiger partial charge in [-0.3, -0.25) is 9.59 Å². The maximum atomic E-state index is 16.9. The SMILES string of the molecule is CCN[C@H]1C[C@@H](C)O[C@@H](O[C@@H]2[C@@H](C)C(=O)[C@](C)(F)C(=O)O[C@H](CC)[C@@]3(C)OC(=O)N(CCCCN4C=C(c5ccccc5)CN4)C3[C@@H](C)C(=O)[C@H](C)C[C@@]2(C)OC)[C@H]1O. The number of aliphatic hydroxyl groups is 1. The van der Waals surface area contributed by atoms with E-state index < -0.39 is 89.2 Å². The number of nitrogens with one attached hydrogen (secondary N) is 2. The van der Waals surface area contributed by atoms with Crippen LogP contribution in [0.15, 0.2) is 36.5 Å². The molecule has 4 heterocycles. The number of nitrogens with zero attached hydrogens (tertiary/aromatic N) is 2. The van der Waals surface area contributed by atoms with E-state index in [-0.39, 0.29) is 31.3 Å². The van der Waals surface area contributed by atoms with Gasteiger partial charge in [0.2, 0.25) is 0 Å². The van der Waals surface area contributed by atoms with Gasteiger partial charge >= 0.3 is 12.1 Å². The minimum Gasteiger partial charge on any atom is -0.455 e. The molecule has 1 aromatic carbocycles. The smallest absolute Gasteiger partial charge is 0.410 e. The van der Waals surface area contributed by atoms with Crippen molar-refractivity contribution in [2.45, 2.75) is 154 Å². The largest absolute Gasteiger partial charge is 0.455 e. The number of rotatable bonds is 12. The van der Waals surface area contributed by atoms with Crippen molar-refractivity contribution in [3.05, 3.63) is 42.1 Å². The van der Waals surface area contributed by atoms with Crippen LogP contribution in [0.5, 0.6) is 0 Å². The number of benzene rings is 1. The average Bonchev–Trinajstić information content (AvgIpc) is 3.79. The molecule has 0 bridgehead atoms. The Bertz CT molecular complexity index is 1680. The summed E-state index contributed by atoms with van der Waals surface area (Å²) in [6.45, 7) is 16.7. The molecule has 330 valence electrons. The molecule has 3 saturated heterocycles. The molecule has 59 heavy (non-hydrogen) atoms. The van der Waals surface area contributed by atoms with Gasteiger partial charge in [-0.05, 0) is 77.5 Å². The number of esters is 1. The lowest BCUT2D eigenvalue weighted by Gasteiger charge is -2.46. The number of carbonyl (C=O) groups is 4. The number of hydrazine groups is 1. The van der Waals surface area contributed by atoms with Crippen molar-refractivity contribution in [1.82, 2.24) is 20.7 Å². The van der Waals surface area contributed by atoms with Gasteiger partial charge in [0, 0.05) is 56.7 Å². The highest BCUT2D eigenvalue weighted by molar-refractivity contribution is 6.08. The summed E-state index contributed by atoms with van der Waals surface area (Å²) in [6.07, 6.45) is -1.97. The van der Waals surface area contributed by atoms with Gasteiger partial charge in [0.15, 0.2) is 17.7 Å². The Labute approximate surface area is 348 Å². The number of Topliss-reactive ketones (excluding diaryl/α,β-unsaturated/α-hetero) is 2. The standard InChI is InChI=1S/C44H67FN4O10/c1-11-33-44(9)36(49(41(54)59-44)21-17-16-20-48-25-31(24-47-48)30-18-14-13-15-19-30)28(5)34(50)26(3)23-42(7,55-10)38(29(6)37(52)43(8,45)40(53)57-33)58-39-35(51)32(46-12-2)22-27(4)56-39/h13-15,18-19,25-29,32-33,35-36,38-39,46-47,51H,11-12,16-17,20-24H2,1-10H3/t26-,27-,28+,29+,32+,33-,35+,36?,38-,39+,42-,43+,44-/m1/s1. The summed E-state index contributed by atoms with van der Waals surface area (Å²) in [5.74, 6) is -5.72. The number of likely N-dealkylation sites (N-methyl/N-ethyl adjacent to an activating group) is 1. The number of cyclic esters (lactones) is 1. The van der Waals surface area contributed by atoms with E-state index in [9.17, 15) is 24.3 Å². The number of ketones is 2. The number of hydrogen-bond acceptors (Lipinski definition) is 13. The van der Waals surface area contributed by atoms with Crippen LogP contribution in [-0.2, 0) is 38.1 Å². The third-order valence-corrected chi connectivity index (χ3v) is 13.0. The molecule has 1 unspecified atom stereocenters. The molecular formula is C44H67FN4O10. The van der Waals surface area contributed by atoms with Crippen molar-refractivity contribution in [1.29, 1.82) is 0 Å². The molecule has 1 amide bonds. The van der Waals surface area contributed by atoms with Crippen LogP contribution in [0.3, 0.4) is 0 Å². The minimum absolute atomic E-state index is 0.00812. The fourth-order valence-electron chi connectivity index (χ4n) is 9.69. The van der Waals surface area contributed by atoms with Crippen LogP contribution in [0.4, 0.5) is 9.18 Å². The van der Waals surface area contributed by atoms with E-state index >= 15 is 4.39 Å². The van der Waals surface area contributed by atoms with Gasteiger partial charge in [0.25, 0.3) is 5.67 Å². The van der Waals surface area contributed by atoms with Gasteiger partial charge in [-0.15, -0.1) is 0 Å². The van der Waals surface area contributed by atoms with Gasteiger partial charge in [-0.25, -0.2) is 19.4 Å². The number of methoxy groups -OCH3 is 1. The lowest BCUT2D eigenvalue weighted by Crippen LogP contribution is -2.62. The van der Waals surface area contributed by atoms with E-state index in [1.807, 2.05) is 37.1 Å². The van der Waals surface area contributed by atoms with E-state index in [4.69, 9.17) is 23.7 Å². The molecular weight excluding hydrogens is 763 g/mol. The number of halogens is 1. The van der Waals surface area contributed by atoms with Crippen molar-refractivity contribution in [3.63, 3.8) is 0 Å². The number of aliphatic hydroxyl groups excluding tert-OH is 1. The van der Waals surface area contributed by atoms with E-state index in [1.165, 1.54) is 24.5 Å². The fraction of sp³-hybridized carbons (Fsp3) is 0.727. The summed E-state index contributed by atoms with van der Waals surface area (Å²) in [5, 5.41) is 16.6. The first-order chi connectivity index (χ1) is 27.8. The highest BCUT2D eigenvalue weighted by Crippen LogP contribution is 2.43. The average molecular weight is 831 g/mol. The summed E-state index contributed by atoms with van der Waals surface area (Å²) in [4.78, 5) is 58.3. The van der Waals surface area contributed by atoms with Crippen LogP contribution >= 0.6 is 0 Å². The monoisotopic (exact) mass is 830 g/mol. The zero-order chi connectivity index (χ0) is 43.4. The second-order valence-corrected chi connectivity index (χ2v) is 17.5. The molecule has 1 aromatic rings. The van der Waals surface area contributed by atoms with Gasteiger partial charge < -0.3 is 44.0 Å². The van der Waals surface area contributed by atoms with Gasteiger partial charge in [0.05, 0.1) is 23.9 Å². The van der Waals surface area contributed by atoms with Crippen molar-refractivity contribution < 1.29 is 52.4 Å². The second-order valence-electron chi connectivity index (χ2n) is 17.5. The first kappa shape index (κ1) is 46.6. The number of unbranched alkanes of at least 4 members (excludes halogenated alkanes) is 1. The summed E-state index contributed by atoms with van der Waals surface area (Å²) in [5.41, 5.74) is -0.490. The maximum absolute atomic E-state index is 16.9. The summed E-state index contributed by atoms with van der Waals surface area (Å²) < 4.78 is 47.5. The topological polar surface area (TPSA) is 165 Å². The van der Waals surface area contributed by atoms with Crippen LogP contribution < -0.4 is 10.7 Å². The molecule has 14 nitrogen and oxygen atoms in total. The van der Waals surface area contributed by atoms with E-state index in [2.05, 4.69) is 29.1 Å². The Morgan fingerprint density at radius 2 is 1.68 bits per heavy atom. The second kappa shape index (κ2) is 19.1. The Morgan fingerprint density at radius 1 is 1.00 bits per heavy atom. The molecule has 4 aliphatic heterocycles. The molecule has 15 heteroatoms. The molecule has 0 saturated carbocycles. The highest BCUT2D eigenvalue weighted by atomic mass is 19.1. The number of fused-ring (bicyclic) bond motifs is 1. The normalized spacial score (nSPS) is 38.7. The molecule has 0 radical (unpaired) electrons. The van der Waals surface area contributed by atoms with E-state index in [1.54, 1.807) is 34.6 Å². The summed E-state index contributed by atoms with van der Waals surface area (Å²) in [7, 11) is 1.41. The Kier molecular flexibility index (Phi) is 15.1. The summed E-state index contributed by atoms with van der Waals surface area (Å²) in [6, 6.07) is 8.81. The fourth-order valence-corrected chi connectivity index (χ4v) is 9.69. The molecule has 13 atom stereocenters. The Balaban J connectivity index is 1.44. The van der Waals surface area contributed by atoms with E-state index in [0.29, 0.717) is 38.9 Å². The number of carbonyl (C=O) groups excluding carboxylic acids is 4. The van der Waals surface area contributed by atoms with Crippen LogP contribution in [0.1, 0.15) is 100.0 Å². The molecule has 0 aliphatic carbocycles. The Morgan fingerprint density at radius 3 is 2.32 bits per heavy atom. The quantitative estimate of drug-likeness (QED) is 0.147. The predicted octanol–water partition coefficient (Wildman–Crippen LogP) is 4.97. The molecule has 3 fully saturated rings. The zero-order valence-corrected chi connectivity index (χ0v) is 36.5. The number of alkyl halides is 1. The first-order valence-electron chi connectivity index (χ1n) is 21.3. The zero-order valence-electron chi connectivity index (χ0n) is 36.5. The lowest BCUT2D eigenvalue weighted by atomic mass is 9.73. The van der Waals surface area contributed by atoms with E-state index in [0.717, 1.165) is 12.5 Å². The highest BCUT2D eigenvalue weighted by Gasteiger charge is 2.61. The van der Waals surface area contributed by atoms with Crippen molar-refractivity contribution in [2.24, 2.45) is 17.8 Å². The van der Waals surface area contributed by atoms with Crippen LogP contribution in [-0.4, -0.2) is 132 Å². The molecule has 4 aliphatic rings. The number of hydrogen-bond donors (Lipinski definition) is 3. The van der Waals surface area contributed by atoms with Crippen LogP contribution in [0.2, 0.25) is 0 Å². The number of amides is 1. The Hall–Kier alpha value is -3.47. The predicted molar refractivity (Wildman–Crippen MR) is 218 cm³/mol. The molecule has 0 aromatic heterocycles. The van der Waals surface area contributed by atoms with Crippen molar-refractivity contribution in [2.75, 3.05) is 33.3 Å². The van der Waals surface area contributed by atoms with Gasteiger partial charge in [-0.1, -0.05) is 65.0 Å². The minimum atomic E-state index is -3.17. The van der Waals surface area contributed by atoms with Crippen LogP contribution in [0, 0.1) is 17.8 Å². The van der Waals surface area contributed by atoms with Gasteiger partial charge in [-0.2, -0.15) is 0 Å². The third-order valence-electron chi connectivity index (χ3n) is 13.0. The third kappa shape index (κ3) is 9.70. The van der Waals surface area contributed by atoms with Crippen LogP contribution in [0.25, 0.3) is 5.57 Å². The molecule has 0 spiro atoms. The van der Waals surface area contributed by atoms with Gasteiger partial charge in [0.1, 0.15) is 18.0 Å². The lowest BCUT2D eigenvalue weighted by molar-refractivity contribution is -0.290.